The van der Waals surface area contributed by atoms with Gasteiger partial charge in [-0.15, -0.1) is 0 Å². The van der Waals surface area contributed by atoms with Crippen molar-refractivity contribution in [1.29, 1.82) is 0 Å². The molecule has 0 bridgehead atoms. The van der Waals surface area contributed by atoms with Crippen molar-refractivity contribution in [3.63, 3.8) is 0 Å². The number of rotatable bonds is 46. The highest BCUT2D eigenvalue weighted by atomic mass is 16.6. The molecule has 0 heterocycles. The topological polar surface area (TPSA) is 78.9 Å². The fraction of sp³-hybridized carbons (Fsp3) is 0.672. The van der Waals surface area contributed by atoms with Crippen LogP contribution in [0.1, 0.15) is 233 Å². The van der Waals surface area contributed by atoms with Gasteiger partial charge < -0.3 is 14.2 Å². The quantitative estimate of drug-likeness (QED) is 0.0262. The Morgan fingerprint density at radius 1 is 0.328 bits per heavy atom. The zero-order chi connectivity index (χ0) is 46.5. The summed E-state index contributed by atoms with van der Waals surface area (Å²) in [6, 6.07) is 0. The molecule has 1 atom stereocenters. The normalized spacial score (nSPS) is 12.9. The predicted molar refractivity (Wildman–Crippen MR) is 274 cm³/mol. The largest absolute Gasteiger partial charge is 0.462 e. The Kier molecular flexibility index (Phi) is 49.0. The van der Waals surface area contributed by atoms with Crippen molar-refractivity contribution in [2.45, 2.75) is 239 Å². The summed E-state index contributed by atoms with van der Waals surface area (Å²) in [5.74, 6) is -0.948. The molecule has 0 aromatic carbocycles. The zero-order valence-corrected chi connectivity index (χ0v) is 41.5. The van der Waals surface area contributed by atoms with E-state index in [1.807, 2.05) is 0 Å². The van der Waals surface area contributed by atoms with Gasteiger partial charge in [0.1, 0.15) is 13.2 Å². The van der Waals surface area contributed by atoms with E-state index in [1.165, 1.54) is 57.8 Å². The Balaban J connectivity index is 4.42. The van der Waals surface area contributed by atoms with Crippen LogP contribution in [0.25, 0.3) is 0 Å². The van der Waals surface area contributed by atoms with Gasteiger partial charge in [-0.2, -0.15) is 0 Å². The summed E-state index contributed by atoms with van der Waals surface area (Å²) in [6.45, 7) is 6.39. The Morgan fingerprint density at radius 2 is 0.641 bits per heavy atom. The van der Waals surface area contributed by atoms with Crippen molar-refractivity contribution < 1.29 is 28.6 Å². The molecule has 0 amide bonds. The van der Waals surface area contributed by atoms with Gasteiger partial charge in [-0.3, -0.25) is 14.4 Å². The van der Waals surface area contributed by atoms with E-state index < -0.39 is 6.10 Å². The third kappa shape index (κ3) is 49.3. The van der Waals surface area contributed by atoms with Crippen LogP contribution >= 0.6 is 0 Å². The molecule has 0 rings (SSSR count). The molecule has 0 N–H and O–H groups in total. The first-order chi connectivity index (χ1) is 31.5. The number of hydrogen-bond acceptors (Lipinski definition) is 6. The molecule has 6 nitrogen and oxygen atoms in total. The van der Waals surface area contributed by atoms with Crippen molar-refractivity contribution in [3.8, 4) is 0 Å². The van der Waals surface area contributed by atoms with Gasteiger partial charge >= 0.3 is 17.9 Å². The molecular formula is C58H96O6. The van der Waals surface area contributed by atoms with Gasteiger partial charge in [0, 0.05) is 19.3 Å². The summed E-state index contributed by atoms with van der Waals surface area (Å²) in [7, 11) is 0. The molecule has 0 aliphatic carbocycles. The Hall–Kier alpha value is -3.67. The molecule has 0 spiro atoms. The van der Waals surface area contributed by atoms with Crippen molar-refractivity contribution in [2.24, 2.45) is 0 Å². The van der Waals surface area contributed by atoms with Gasteiger partial charge in [-0.05, 0) is 116 Å². The second kappa shape index (κ2) is 52.0. The number of unbranched alkanes of at least 4 members (excludes halogenated alkanes) is 19. The van der Waals surface area contributed by atoms with Crippen LogP contribution in [0.3, 0.4) is 0 Å². The minimum absolute atomic E-state index is 0.0977. The zero-order valence-electron chi connectivity index (χ0n) is 41.5. The molecule has 0 aromatic heterocycles. The molecule has 0 aliphatic heterocycles. The van der Waals surface area contributed by atoms with Crippen molar-refractivity contribution in [1.82, 2.24) is 0 Å². The highest BCUT2D eigenvalue weighted by Gasteiger charge is 2.19. The lowest BCUT2D eigenvalue weighted by molar-refractivity contribution is -0.167. The molecule has 64 heavy (non-hydrogen) atoms. The standard InChI is InChI=1S/C58H96O6/c1-4-7-10-13-16-19-22-24-26-28-29-31-32-34-36-39-42-45-48-51-57(60)63-54-55(53-62-56(59)50-47-44-41-38-21-18-15-12-9-6-3)64-58(61)52-49-46-43-40-37-35-33-30-27-25-23-20-17-14-11-8-5-2/h8,11-12,15-17,19-20,24-27,29,31,33,35,55H,4-7,9-10,13-14,18,21-23,28,30,32,34,36-54H2,1-3H3/b11-8-,15-12-,19-16-,20-17-,26-24-,27-25-,31-29-,35-33-. The first kappa shape index (κ1) is 60.3. The van der Waals surface area contributed by atoms with E-state index in [1.54, 1.807) is 0 Å². The van der Waals surface area contributed by atoms with Crippen LogP contribution in [0.2, 0.25) is 0 Å². The fourth-order valence-corrected chi connectivity index (χ4v) is 6.85. The number of carbonyl (C=O) groups is 3. The van der Waals surface area contributed by atoms with E-state index in [2.05, 4.69) is 118 Å². The lowest BCUT2D eigenvalue weighted by atomic mass is 10.1. The van der Waals surface area contributed by atoms with E-state index >= 15 is 0 Å². The monoisotopic (exact) mass is 889 g/mol. The van der Waals surface area contributed by atoms with Crippen LogP contribution in [-0.4, -0.2) is 37.2 Å². The molecule has 0 saturated carbocycles. The lowest BCUT2D eigenvalue weighted by Crippen LogP contribution is -2.30. The van der Waals surface area contributed by atoms with Crippen molar-refractivity contribution in [3.05, 3.63) is 97.2 Å². The molecule has 0 saturated heterocycles. The summed E-state index contributed by atoms with van der Waals surface area (Å²) >= 11 is 0. The second-order valence-corrected chi connectivity index (χ2v) is 17.0. The molecule has 364 valence electrons. The molecule has 6 heteroatoms. The summed E-state index contributed by atoms with van der Waals surface area (Å²) < 4.78 is 16.8. The maximum Gasteiger partial charge on any atom is 0.306 e. The Morgan fingerprint density at radius 3 is 1.03 bits per heavy atom. The number of esters is 3. The third-order valence-electron chi connectivity index (χ3n) is 10.8. The molecular weight excluding hydrogens is 793 g/mol. The molecule has 0 fully saturated rings. The van der Waals surface area contributed by atoms with Gasteiger partial charge in [0.15, 0.2) is 6.10 Å². The number of allylic oxidation sites excluding steroid dienone is 16. The Labute approximate surface area is 394 Å². The SMILES string of the molecule is CC/C=C\C/C=C\C/C=C\C/C=C\CCCCCCC(=O)OC(COC(=O)CCCCCCC/C=C\CCC)COC(=O)CCCCCCCC/C=C\C/C=C\C/C=C\CCCCC. The Bertz CT molecular complexity index is 1300. The first-order valence-electron chi connectivity index (χ1n) is 26.2. The first-order valence-corrected chi connectivity index (χ1v) is 26.2. The van der Waals surface area contributed by atoms with Crippen LogP contribution in [0.15, 0.2) is 97.2 Å². The second-order valence-electron chi connectivity index (χ2n) is 17.0. The summed E-state index contributed by atoms with van der Waals surface area (Å²) in [5, 5.41) is 0. The van der Waals surface area contributed by atoms with Crippen LogP contribution in [0.5, 0.6) is 0 Å². The van der Waals surface area contributed by atoms with Crippen LogP contribution < -0.4 is 0 Å². The lowest BCUT2D eigenvalue weighted by Gasteiger charge is -2.18. The smallest absolute Gasteiger partial charge is 0.306 e. The van der Waals surface area contributed by atoms with E-state index in [4.69, 9.17) is 14.2 Å². The maximum atomic E-state index is 12.8. The molecule has 1 unspecified atom stereocenters. The van der Waals surface area contributed by atoms with E-state index in [0.717, 1.165) is 135 Å². The van der Waals surface area contributed by atoms with Gasteiger partial charge in [0.25, 0.3) is 0 Å². The van der Waals surface area contributed by atoms with E-state index in [9.17, 15) is 14.4 Å². The maximum absolute atomic E-state index is 12.8. The number of hydrogen-bond donors (Lipinski definition) is 0. The van der Waals surface area contributed by atoms with Gasteiger partial charge in [0.05, 0.1) is 0 Å². The van der Waals surface area contributed by atoms with Crippen LogP contribution in [0.4, 0.5) is 0 Å². The minimum atomic E-state index is -0.799. The fourth-order valence-electron chi connectivity index (χ4n) is 6.85. The van der Waals surface area contributed by atoms with Gasteiger partial charge in [-0.25, -0.2) is 0 Å². The summed E-state index contributed by atoms with van der Waals surface area (Å²) in [4.78, 5) is 38.0. The highest BCUT2D eigenvalue weighted by Crippen LogP contribution is 2.13. The summed E-state index contributed by atoms with van der Waals surface area (Å²) in [6.07, 6.45) is 68.2. The average Bonchev–Trinajstić information content (AvgIpc) is 3.29. The highest BCUT2D eigenvalue weighted by molar-refractivity contribution is 5.71. The minimum Gasteiger partial charge on any atom is -0.462 e. The van der Waals surface area contributed by atoms with Crippen LogP contribution in [0, 0.1) is 0 Å². The van der Waals surface area contributed by atoms with E-state index in [0.29, 0.717) is 19.3 Å². The molecule has 0 radical (unpaired) electrons. The van der Waals surface area contributed by atoms with Gasteiger partial charge in [-0.1, -0.05) is 195 Å². The van der Waals surface area contributed by atoms with Crippen LogP contribution in [-0.2, 0) is 28.6 Å². The van der Waals surface area contributed by atoms with Crippen molar-refractivity contribution in [2.75, 3.05) is 13.2 Å². The summed E-state index contributed by atoms with van der Waals surface area (Å²) in [5.41, 5.74) is 0. The van der Waals surface area contributed by atoms with E-state index in [-0.39, 0.29) is 31.1 Å². The molecule has 0 aromatic rings. The average molecular weight is 889 g/mol. The third-order valence-corrected chi connectivity index (χ3v) is 10.8. The predicted octanol–water partition coefficient (Wildman–Crippen LogP) is 17.4. The molecule has 0 aliphatic rings. The van der Waals surface area contributed by atoms with Gasteiger partial charge in [0.2, 0.25) is 0 Å². The van der Waals surface area contributed by atoms with Crippen molar-refractivity contribution >= 4 is 17.9 Å². The number of ether oxygens (including phenoxy) is 3. The number of carbonyl (C=O) groups excluding carboxylic acids is 3.